The van der Waals surface area contributed by atoms with Crippen LogP contribution >= 0.6 is 0 Å². The molecule has 0 radical (unpaired) electrons. The first-order chi connectivity index (χ1) is 4.64. The Labute approximate surface area is 64.8 Å². The predicted molar refractivity (Wildman–Crippen MR) is 37.1 cm³/mol. The number of hydrogen-bond donors (Lipinski definition) is 5. The molecule has 0 spiro atoms. The number of carboxylic acids is 1. The van der Waals surface area contributed by atoms with Crippen molar-refractivity contribution in [3.8, 4) is 0 Å². The molecule has 0 heterocycles. The second-order valence-corrected chi connectivity index (χ2v) is 3.29. The van der Waals surface area contributed by atoms with Gasteiger partial charge in [0.25, 0.3) is 0 Å². The molecule has 0 saturated carbocycles. The number of rotatable bonds is 1. The fourth-order valence-corrected chi connectivity index (χ4v) is 0. The van der Waals surface area contributed by atoms with Gasteiger partial charge in [0.2, 0.25) is 0 Å². The highest BCUT2D eigenvalue weighted by Gasteiger charge is 2.22. The van der Waals surface area contributed by atoms with E-state index in [2.05, 4.69) is 0 Å². The lowest BCUT2D eigenvalue weighted by Gasteiger charge is -1.91. The third-order valence-corrected chi connectivity index (χ3v) is 0.494. The van der Waals surface area contributed by atoms with Crippen LogP contribution in [-0.2, 0) is 4.79 Å². The number of carbonyl (C=O) groups is 1. The molecule has 0 atom stereocenters. The van der Waals surface area contributed by atoms with Crippen LogP contribution in [0.3, 0.4) is 0 Å². The summed E-state index contributed by atoms with van der Waals surface area (Å²) in [5.74, 6) is -0.972. The maximum Gasteiger partial charge on any atom is 0.668 e. The standard InChI is InChI=1S/C4H8O2.H4O4Si/c1-3(2)4(5)6;1-5(2,3)4/h3H,1-2H3,(H,5,6);1-4H. The van der Waals surface area contributed by atoms with Crippen LogP contribution in [-0.4, -0.2) is 39.3 Å². The van der Waals surface area contributed by atoms with Crippen molar-refractivity contribution >= 4 is 15.0 Å². The molecule has 68 valence electrons. The van der Waals surface area contributed by atoms with Crippen LogP contribution in [0.2, 0.25) is 0 Å². The zero-order chi connectivity index (χ0) is 9.65. The van der Waals surface area contributed by atoms with Crippen LogP contribution in [0.5, 0.6) is 0 Å². The van der Waals surface area contributed by atoms with Gasteiger partial charge in [-0.3, -0.25) is 4.79 Å². The Hall–Kier alpha value is -0.473. The van der Waals surface area contributed by atoms with Crippen molar-refractivity contribution in [2.45, 2.75) is 13.8 Å². The lowest BCUT2D eigenvalue weighted by molar-refractivity contribution is -0.140. The second kappa shape index (κ2) is 5.21. The van der Waals surface area contributed by atoms with Gasteiger partial charge in [0.1, 0.15) is 0 Å². The van der Waals surface area contributed by atoms with Gasteiger partial charge >= 0.3 is 15.0 Å². The van der Waals surface area contributed by atoms with Crippen LogP contribution in [0.1, 0.15) is 13.8 Å². The van der Waals surface area contributed by atoms with E-state index in [0.717, 1.165) is 0 Å². The first kappa shape index (κ1) is 13.1. The molecule has 0 aromatic carbocycles. The van der Waals surface area contributed by atoms with E-state index >= 15 is 0 Å². The molecule has 0 amide bonds. The van der Waals surface area contributed by atoms with Crippen molar-refractivity contribution in [3.05, 3.63) is 0 Å². The fraction of sp³-hybridized carbons (Fsp3) is 0.750. The molecule has 0 aliphatic rings. The molecule has 0 rings (SSSR count). The summed E-state index contributed by atoms with van der Waals surface area (Å²) < 4.78 is 0. The highest BCUT2D eigenvalue weighted by Crippen LogP contribution is 1.87. The van der Waals surface area contributed by atoms with Crippen LogP contribution in [0.25, 0.3) is 0 Å². The second-order valence-electron chi connectivity index (χ2n) is 2.09. The van der Waals surface area contributed by atoms with Crippen molar-refractivity contribution in [1.29, 1.82) is 0 Å². The summed E-state index contributed by atoms with van der Waals surface area (Å²) in [6, 6.07) is 0. The summed E-state index contributed by atoms with van der Waals surface area (Å²) in [4.78, 5) is 39.0. The largest absolute Gasteiger partial charge is 0.668 e. The molecule has 0 fully saturated rings. The van der Waals surface area contributed by atoms with Gasteiger partial charge in [-0.05, 0) is 0 Å². The zero-order valence-electron chi connectivity index (χ0n) is 6.22. The molecular weight excluding hydrogens is 172 g/mol. The Bertz CT molecular complexity index is 110. The van der Waals surface area contributed by atoms with E-state index in [0.29, 0.717) is 0 Å². The van der Waals surface area contributed by atoms with E-state index < -0.39 is 15.0 Å². The van der Waals surface area contributed by atoms with E-state index in [1.165, 1.54) is 0 Å². The minimum Gasteiger partial charge on any atom is -0.481 e. The zero-order valence-corrected chi connectivity index (χ0v) is 7.22. The van der Waals surface area contributed by atoms with E-state index in [4.69, 9.17) is 24.3 Å². The minimum atomic E-state index is -4.61. The fourth-order valence-electron chi connectivity index (χ4n) is 0. The molecule has 11 heavy (non-hydrogen) atoms. The van der Waals surface area contributed by atoms with Gasteiger partial charge in [0, 0.05) is 0 Å². The predicted octanol–water partition coefficient (Wildman–Crippen LogP) is -1.88. The average molecular weight is 184 g/mol. The monoisotopic (exact) mass is 184 g/mol. The molecular formula is C4H12O6Si. The summed E-state index contributed by atoms with van der Waals surface area (Å²) in [5.41, 5.74) is 0. The molecule has 0 aliphatic heterocycles. The summed E-state index contributed by atoms with van der Waals surface area (Å²) in [6.07, 6.45) is 0. The van der Waals surface area contributed by atoms with Crippen molar-refractivity contribution < 1.29 is 29.1 Å². The third-order valence-electron chi connectivity index (χ3n) is 0.494. The Balaban J connectivity index is 0. The Kier molecular flexibility index (Phi) is 6.23. The van der Waals surface area contributed by atoms with Gasteiger partial charge in [-0.25, -0.2) is 0 Å². The Morgan fingerprint density at radius 1 is 1.18 bits per heavy atom. The maximum absolute atomic E-state index is 9.70. The van der Waals surface area contributed by atoms with Crippen molar-refractivity contribution in [2.24, 2.45) is 5.92 Å². The van der Waals surface area contributed by atoms with E-state index in [1.54, 1.807) is 13.8 Å². The van der Waals surface area contributed by atoms with Gasteiger partial charge in [-0.15, -0.1) is 0 Å². The molecule has 0 aromatic rings. The van der Waals surface area contributed by atoms with Crippen molar-refractivity contribution in [2.75, 3.05) is 0 Å². The SMILES string of the molecule is CC(C)C(=O)O.O[Si](O)(O)O. The summed E-state index contributed by atoms with van der Waals surface area (Å²) >= 11 is 0. The lowest BCUT2D eigenvalue weighted by atomic mass is 10.2. The molecule has 0 unspecified atom stereocenters. The van der Waals surface area contributed by atoms with Gasteiger partial charge in [0.15, 0.2) is 0 Å². The smallest absolute Gasteiger partial charge is 0.481 e. The van der Waals surface area contributed by atoms with Crippen LogP contribution in [0.15, 0.2) is 0 Å². The first-order valence-electron chi connectivity index (χ1n) is 2.77. The van der Waals surface area contributed by atoms with Crippen molar-refractivity contribution in [1.82, 2.24) is 0 Å². The summed E-state index contributed by atoms with van der Waals surface area (Å²) in [5, 5.41) is 7.99. The van der Waals surface area contributed by atoms with Crippen LogP contribution in [0.4, 0.5) is 0 Å². The molecule has 0 bridgehead atoms. The maximum atomic E-state index is 9.70. The van der Waals surface area contributed by atoms with Gasteiger partial charge in [0.05, 0.1) is 5.92 Å². The molecule has 0 saturated heterocycles. The highest BCUT2D eigenvalue weighted by atomic mass is 28.4. The quantitative estimate of drug-likeness (QED) is 0.304. The van der Waals surface area contributed by atoms with Crippen LogP contribution < -0.4 is 0 Å². The van der Waals surface area contributed by atoms with E-state index in [1.807, 2.05) is 0 Å². The number of aliphatic carboxylic acids is 1. The average Bonchev–Trinajstić information content (AvgIpc) is 1.59. The lowest BCUT2D eigenvalue weighted by Crippen LogP contribution is -2.33. The summed E-state index contributed by atoms with van der Waals surface area (Å²) in [7, 11) is -4.61. The molecule has 5 N–H and O–H groups in total. The number of carboxylic acid groups (broad SMARTS) is 1. The third kappa shape index (κ3) is 43.4. The van der Waals surface area contributed by atoms with Gasteiger partial charge in [-0.1, -0.05) is 13.8 Å². The van der Waals surface area contributed by atoms with Gasteiger partial charge in [-0.2, -0.15) is 0 Å². The topological polar surface area (TPSA) is 118 Å². The van der Waals surface area contributed by atoms with E-state index in [9.17, 15) is 4.79 Å². The number of hydrogen-bond acceptors (Lipinski definition) is 5. The Morgan fingerprint density at radius 3 is 1.27 bits per heavy atom. The molecule has 0 aromatic heterocycles. The highest BCUT2D eigenvalue weighted by molar-refractivity contribution is 6.46. The van der Waals surface area contributed by atoms with E-state index in [-0.39, 0.29) is 5.92 Å². The molecule has 7 heteroatoms. The Morgan fingerprint density at radius 2 is 1.27 bits per heavy atom. The first-order valence-corrected chi connectivity index (χ1v) is 4.55. The molecule has 6 nitrogen and oxygen atoms in total. The molecule has 0 aliphatic carbocycles. The van der Waals surface area contributed by atoms with Crippen molar-refractivity contribution in [3.63, 3.8) is 0 Å². The normalized spacial score (nSPS) is 10.5. The van der Waals surface area contributed by atoms with Gasteiger partial charge < -0.3 is 24.3 Å². The van der Waals surface area contributed by atoms with Crippen LogP contribution in [0, 0.1) is 5.92 Å². The minimum absolute atomic E-state index is 0.231. The summed E-state index contributed by atoms with van der Waals surface area (Å²) in [6.45, 7) is 3.28.